The first-order valence-corrected chi connectivity index (χ1v) is 17.1. The lowest BCUT2D eigenvalue weighted by atomic mass is 9.93. The second-order valence-corrected chi connectivity index (χ2v) is 13.8. The summed E-state index contributed by atoms with van der Waals surface area (Å²) in [6.07, 6.45) is -3.21. The second kappa shape index (κ2) is 14.2. The van der Waals surface area contributed by atoms with Crippen molar-refractivity contribution in [1.82, 2.24) is 20.5 Å². The lowest BCUT2D eigenvalue weighted by molar-refractivity contribution is -0.137. The molecule has 1 saturated heterocycles. The molecule has 1 aliphatic rings. The number of rotatable bonds is 11. The molecule has 8 nitrogen and oxygen atoms in total. The highest BCUT2D eigenvalue weighted by Gasteiger charge is 2.32. The van der Waals surface area contributed by atoms with Gasteiger partial charge in [-0.1, -0.05) is 42.5 Å². The predicted octanol–water partition coefficient (Wildman–Crippen LogP) is 5.21. The Bertz CT molecular complexity index is 1760. The Morgan fingerprint density at radius 3 is 2.39 bits per heavy atom. The number of sulfone groups is 1. The Morgan fingerprint density at radius 2 is 1.74 bits per heavy atom. The molecule has 3 aromatic carbocycles. The molecule has 0 spiro atoms. The predicted molar refractivity (Wildman–Crippen MR) is 172 cm³/mol. The zero-order chi connectivity index (χ0) is 33.1. The molecule has 246 valence electrons. The first-order valence-electron chi connectivity index (χ1n) is 15.2. The Hall–Kier alpha value is -3.39. The van der Waals surface area contributed by atoms with Crippen molar-refractivity contribution >= 4 is 20.7 Å². The summed E-state index contributed by atoms with van der Waals surface area (Å²) in [5, 5.41) is 28.1. The number of aliphatic hydroxyl groups is 2. The van der Waals surface area contributed by atoms with E-state index in [9.17, 15) is 31.8 Å². The lowest BCUT2D eigenvalue weighted by Gasteiger charge is -2.34. The first-order chi connectivity index (χ1) is 21.8. The molecular weight excluding hydrogens is 617 g/mol. The number of aliphatic hydroxyl groups excluding tert-OH is 2. The maximum Gasteiger partial charge on any atom is 0.416 e. The van der Waals surface area contributed by atoms with E-state index in [1.165, 1.54) is 24.3 Å². The molecule has 0 amide bonds. The van der Waals surface area contributed by atoms with Crippen molar-refractivity contribution in [3.63, 3.8) is 0 Å². The third-order valence-corrected chi connectivity index (χ3v) is 9.60. The number of nitrogens with zero attached hydrogens (tertiary/aromatic N) is 2. The third kappa shape index (κ3) is 7.93. The van der Waals surface area contributed by atoms with Gasteiger partial charge < -0.3 is 15.5 Å². The minimum Gasteiger partial charge on any atom is -0.395 e. The van der Waals surface area contributed by atoms with Gasteiger partial charge in [0, 0.05) is 53.5 Å². The number of likely N-dealkylation sites (tertiary alicyclic amines) is 1. The van der Waals surface area contributed by atoms with Crippen molar-refractivity contribution in [1.29, 1.82) is 0 Å². The number of halogens is 3. The van der Waals surface area contributed by atoms with Gasteiger partial charge in [-0.25, -0.2) is 13.4 Å². The van der Waals surface area contributed by atoms with Gasteiger partial charge in [0.2, 0.25) is 0 Å². The minimum absolute atomic E-state index is 0.0362. The molecule has 0 aliphatic carbocycles. The summed E-state index contributed by atoms with van der Waals surface area (Å²) in [5.41, 5.74) is 1.84. The number of pyridine rings is 1. The Morgan fingerprint density at radius 1 is 1.02 bits per heavy atom. The normalized spacial score (nSPS) is 16.5. The van der Waals surface area contributed by atoms with Crippen LogP contribution in [-0.4, -0.2) is 67.1 Å². The molecule has 12 heteroatoms. The molecule has 2 atom stereocenters. The van der Waals surface area contributed by atoms with Crippen molar-refractivity contribution in [3.05, 3.63) is 95.1 Å². The van der Waals surface area contributed by atoms with Crippen LogP contribution >= 0.6 is 0 Å². The van der Waals surface area contributed by atoms with Crippen LogP contribution in [0.2, 0.25) is 0 Å². The summed E-state index contributed by atoms with van der Waals surface area (Å²) in [6, 6.07) is 18.8. The van der Waals surface area contributed by atoms with Crippen molar-refractivity contribution in [2.45, 2.75) is 55.7 Å². The van der Waals surface area contributed by atoms with Crippen molar-refractivity contribution < 1.29 is 31.8 Å². The van der Waals surface area contributed by atoms with Crippen molar-refractivity contribution in [2.75, 3.05) is 32.5 Å². The average Bonchev–Trinajstić information content (AvgIpc) is 3.03. The van der Waals surface area contributed by atoms with Crippen LogP contribution in [0.5, 0.6) is 0 Å². The molecule has 4 N–H and O–H groups in total. The fourth-order valence-corrected chi connectivity index (χ4v) is 6.68. The molecule has 2 heterocycles. The van der Waals surface area contributed by atoms with Crippen LogP contribution in [0, 0.1) is 0 Å². The molecule has 0 saturated carbocycles. The topological polar surface area (TPSA) is 115 Å². The Balaban J connectivity index is 1.69. The van der Waals surface area contributed by atoms with Gasteiger partial charge >= 0.3 is 6.18 Å². The highest BCUT2D eigenvalue weighted by Crippen LogP contribution is 2.38. The van der Waals surface area contributed by atoms with Crippen LogP contribution in [0.1, 0.15) is 54.3 Å². The zero-order valence-electron chi connectivity index (χ0n) is 25.8. The fraction of sp³-hybridized carbons (Fsp3) is 0.382. The Kier molecular flexibility index (Phi) is 10.5. The molecule has 1 aromatic heterocycles. The van der Waals surface area contributed by atoms with E-state index in [-0.39, 0.29) is 41.4 Å². The summed E-state index contributed by atoms with van der Waals surface area (Å²) in [6.45, 7) is 4.00. The van der Waals surface area contributed by atoms with Gasteiger partial charge in [-0.3, -0.25) is 10.2 Å². The SMILES string of the molecule is CC(NC(O)c1c(CN2CCC(NCCO)CC2)c(-c2cccc(C(F)(F)F)c2)nc2ccc(S(C)(=O)=O)cc12)c1ccccc1. The monoisotopic (exact) mass is 656 g/mol. The quantitative estimate of drug-likeness (QED) is 0.163. The minimum atomic E-state index is -4.57. The average molecular weight is 657 g/mol. The Labute approximate surface area is 267 Å². The van der Waals surface area contributed by atoms with Crippen LogP contribution in [0.3, 0.4) is 0 Å². The molecule has 4 aromatic rings. The van der Waals surface area contributed by atoms with Crippen molar-refractivity contribution in [3.8, 4) is 11.3 Å². The number of benzene rings is 3. The number of nitrogens with one attached hydrogen (secondary N) is 2. The standard InChI is InChI=1S/C34H39F3N4O4S/c1-22(23-7-4-3-5-8-23)39-33(43)31-28-20-27(46(2,44)45)11-12-30(28)40-32(24-9-6-10-25(19-24)34(35,36)37)29(31)21-41-16-13-26(14-17-41)38-15-18-42/h3-12,19-20,22,26,33,38-39,42-43H,13-18,21H2,1-2H3. The molecule has 5 rings (SSSR count). The van der Waals surface area contributed by atoms with Gasteiger partial charge in [-0.15, -0.1) is 0 Å². The number of piperidine rings is 1. The van der Waals surface area contributed by atoms with E-state index in [0.717, 1.165) is 36.8 Å². The van der Waals surface area contributed by atoms with Gasteiger partial charge in [0.1, 0.15) is 6.23 Å². The number of fused-ring (bicyclic) bond motifs is 1. The summed E-state index contributed by atoms with van der Waals surface area (Å²) in [4.78, 5) is 7.03. The largest absolute Gasteiger partial charge is 0.416 e. The molecular formula is C34H39F3N4O4S. The summed E-state index contributed by atoms with van der Waals surface area (Å²) >= 11 is 0. The highest BCUT2D eigenvalue weighted by molar-refractivity contribution is 7.90. The summed E-state index contributed by atoms with van der Waals surface area (Å²) < 4.78 is 66.8. The van der Waals surface area contributed by atoms with E-state index in [4.69, 9.17) is 4.98 Å². The molecule has 46 heavy (non-hydrogen) atoms. The van der Waals surface area contributed by atoms with Crippen molar-refractivity contribution in [2.24, 2.45) is 0 Å². The second-order valence-electron chi connectivity index (χ2n) is 11.8. The van der Waals surface area contributed by atoms with Crippen LogP contribution < -0.4 is 10.6 Å². The van der Waals surface area contributed by atoms with Gasteiger partial charge in [0.25, 0.3) is 0 Å². The van der Waals surface area contributed by atoms with Gasteiger partial charge in [-0.05, 0) is 68.8 Å². The van der Waals surface area contributed by atoms with E-state index < -0.39 is 27.8 Å². The van der Waals surface area contributed by atoms with Crippen LogP contribution in [0.25, 0.3) is 22.2 Å². The lowest BCUT2D eigenvalue weighted by Crippen LogP contribution is -2.43. The van der Waals surface area contributed by atoms with Crippen LogP contribution in [-0.2, 0) is 22.6 Å². The maximum atomic E-state index is 13.8. The molecule has 0 radical (unpaired) electrons. The highest BCUT2D eigenvalue weighted by atomic mass is 32.2. The maximum absolute atomic E-state index is 13.8. The molecule has 2 unspecified atom stereocenters. The van der Waals surface area contributed by atoms with E-state index in [1.54, 1.807) is 6.07 Å². The van der Waals surface area contributed by atoms with Gasteiger partial charge in [-0.2, -0.15) is 13.2 Å². The smallest absolute Gasteiger partial charge is 0.395 e. The van der Waals surface area contributed by atoms with E-state index >= 15 is 0 Å². The van der Waals surface area contributed by atoms with E-state index in [2.05, 4.69) is 15.5 Å². The number of hydrogen-bond acceptors (Lipinski definition) is 8. The molecule has 0 bridgehead atoms. The number of alkyl halides is 3. The number of hydrogen-bond donors (Lipinski definition) is 4. The summed E-state index contributed by atoms with van der Waals surface area (Å²) in [5.74, 6) is 0. The summed E-state index contributed by atoms with van der Waals surface area (Å²) in [7, 11) is -3.63. The van der Waals surface area contributed by atoms with E-state index in [1.807, 2.05) is 37.3 Å². The van der Waals surface area contributed by atoms with Crippen LogP contribution in [0.15, 0.2) is 77.7 Å². The molecule has 1 aliphatic heterocycles. The third-order valence-electron chi connectivity index (χ3n) is 8.49. The van der Waals surface area contributed by atoms with Crippen LogP contribution in [0.4, 0.5) is 13.2 Å². The fourth-order valence-electron chi connectivity index (χ4n) is 6.04. The van der Waals surface area contributed by atoms with Gasteiger partial charge in [0.15, 0.2) is 9.84 Å². The van der Waals surface area contributed by atoms with Gasteiger partial charge in [0.05, 0.1) is 28.3 Å². The molecule has 1 fully saturated rings. The number of aromatic nitrogens is 1. The first kappa shape index (κ1) is 34.0. The zero-order valence-corrected chi connectivity index (χ0v) is 26.6. The van der Waals surface area contributed by atoms with E-state index in [0.29, 0.717) is 41.7 Å².